The number of hydrogen-bond donors (Lipinski definition) is 0. The zero-order chi connectivity index (χ0) is 15.5. The predicted molar refractivity (Wildman–Crippen MR) is 84.4 cm³/mol. The average molecular weight is 296 g/mol. The van der Waals surface area contributed by atoms with Crippen molar-refractivity contribution in [1.29, 1.82) is 0 Å². The third-order valence-corrected chi connectivity index (χ3v) is 3.31. The fourth-order valence-corrected chi connectivity index (χ4v) is 2.16. The Morgan fingerprint density at radius 1 is 1.14 bits per heavy atom. The van der Waals surface area contributed by atoms with Crippen molar-refractivity contribution < 1.29 is 13.5 Å². The number of ether oxygens (including phenoxy) is 1. The summed E-state index contributed by atoms with van der Waals surface area (Å²) in [6.07, 6.45) is 4.68. The second kappa shape index (κ2) is 5.85. The van der Waals surface area contributed by atoms with E-state index in [0.29, 0.717) is 27.8 Å². The third-order valence-electron chi connectivity index (χ3n) is 3.31. The lowest BCUT2D eigenvalue weighted by Gasteiger charge is -2.02. The van der Waals surface area contributed by atoms with Crippen molar-refractivity contribution in [1.82, 2.24) is 0 Å². The summed E-state index contributed by atoms with van der Waals surface area (Å²) in [6.45, 7) is 0. The molecule has 2 aromatic carbocycles. The van der Waals surface area contributed by atoms with Gasteiger partial charge in [-0.3, -0.25) is 4.79 Å². The number of halogens is 1. The number of hydrogen-bond acceptors (Lipinski definition) is 3. The molecular weight excluding hydrogens is 283 g/mol. The maximum atomic E-state index is 13.1. The summed E-state index contributed by atoms with van der Waals surface area (Å²) < 4.78 is 23.7. The van der Waals surface area contributed by atoms with Gasteiger partial charge in [-0.1, -0.05) is 18.2 Å². The molecule has 0 atom stereocenters. The van der Waals surface area contributed by atoms with Gasteiger partial charge >= 0.3 is 0 Å². The zero-order valence-corrected chi connectivity index (χ0v) is 11.9. The predicted octanol–water partition coefficient (Wildman–Crippen LogP) is 4.11. The van der Waals surface area contributed by atoms with Crippen LogP contribution in [0.1, 0.15) is 11.1 Å². The molecule has 0 unspecified atom stereocenters. The molecule has 1 heterocycles. The van der Waals surface area contributed by atoms with Crippen LogP contribution in [0.3, 0.4) is 0 Å². The van der Waals surface area contributed by atoms with Crippen molar-refractivity contribution in [3.8, 4) is 5.75 Å². The first-order valence-corrected chi connectivity index (χ1v) is 6.70. The van der Waals surface area contributed by atoms with E-state index in [1.54, 1.807) is 49.6 Å². The molecule has 0 spiro atoms. The standard InChI is InChI=1S/C18H13FO3/c1-21-15-7-8-16-17(10-15)22-11-13(18(16)20)6-5-12-3-2-4-14(19)9-12/h2-11H,1H3/b6-5+. The Hall–Kier alpha value is -2.88. The van der Waals surface area contributed by atoms with Gasteiger partial charge in [0.15, 0.2) is 5.43 Å². The highest BCUT2D eigenvalue weighted by atomic mass is 19.1. The van der Waals surface area contributed by atoms with Gasteiger partial charge in [0.2, 0.25) is 0 Å². The molecule has 0 bridgehead atoms. The van der Waals surface area contributed by atoms with E-state index < -0.39 is 0 Å². The highest BCUT2D eigenvalue weighted by Gasteiger charge is 2.06. The van der Waals surface area contributed by atoms with E-state index in [1.807, 2.05) is 0 Å². The van der Waals surface area contributed by atoms with Gasteiger partial charge < -0.3 is 9.15 Å². The van der Waals surface area contributed by atoms with Gasteiger partial charge in [-0.2, -0.15) is 0 Å². The van der Waals surface area contributed by atoms with Crippen molar-refractivity contribution in [2.75, 3.05) is 7.11 Å². The number of methoxy groups -OCH3 is 1. The molecule has 4 heteroatoms. The SMILES string of the molecule is COc1ccc2c(=O)c(/C=C/c3cccc(F)c3)coc2c1. The summed E-state index contributed by atoms with van der Waals surface area (Å²) in [5.74, 6) is 0.304. The summed E-state index contributed by atoms with van der Waals surface area (Å²) in [4.78, 5) is 12.4. The zero-order valence-electron chi connectivity index (χ0n) is 11.9. The molecule has 3 rings (SSSR count). The minimum Gasteiger partial charge on any atom is -0.497 e. The van der Waals surface area contributed by atoms with Crippen LogP contribution in [0.25, 0.3) is 23.1 Å². The van der Waals surface area contributed by atoms with Crippen LogP contribution in [-0.2, 0) is 0 Å². The summed E-state index contributed by atoms with van der Waals surface area (Å²) >= 11 is 0. The van der Waals surface area contributed by atoms with Crippen LogP contribution in [0.15, 0.2) is 57.9 Å². The van der Waals surface area contributed by atoms with E-state index >= 15 is 0 Å². The monoisotopic (exact) mass is 296 g/mol. The lowest BCUT2D eigenvalue weighted by atomic mass is 10.1. The van der Waals surface area contributed by atoms with Gasteiger partial charge in [0, 0.05) is 6.07 Å². The van der Waals surface area contributed by atoms with Gasteiger partial charge in [-0.05, 0) is 35.9 Å². The van der Waals surface area contributed by atoms with Crippen LogP contribution in [0.5, 0.6) is 5.75 Å². The van der Waals surface area contributed by atoms with Crippen LogP contribution in [-0.4, -0.2) is 7.11 Å². The van der Waals surface area contributed by atoms with E-state index in [0.717, 1.165) is 0 Å². The van der Waals surface area contributed by atoms with Crippen LogP contribution in [0, 0.1) is 5.82 Å². The van der Waals surface area contributed by atoms with Crippen LogP contribution < -0.4 is 10.2 Å². The van der Waals surface area contributed by atoms with E-state index in [4.69, 9.17) is 9.15 Å². The molecule has 0 fully saturated rings. The van der Waals surface area contributed by atoms with Crippen LogP contribution >= 0.6 is 0 Å². The first-order chi connectivity index (χ1) is 10.7. The van der Waals surface area contributed by atoms with Crippen LogP contribution in [0.2, 0.25) is 0 Å². The van der Waals surface area contributed by atoms with Gasteiger partial charge in [-0.15, -0.1) is 0 Å². The maximum Gasteiger partial charge on any atom is 0.199 e. The number of rotatable bonds is 3. The average Bonchev–Trinajstić information content (AvgIpc) is 2.54. The van der Waals surface area contributed by atoms with Crippen molar-refractivity contribution in [2.45, 2.75) is 0 Å². The summed E-state index contributed by atoms with van der Waals surface area (Å²) in [5, 5.41) is 0.474. The highest BCUT2D eigenvalue weighted by Crippen LogP contribution is 2.19. The molecule has 0 saturated carbocycles. The second-order valence-electron chi connectivity index (χ2n) is 4.77. The Morgan fingerprint density at radius 3 is 2.77 bits per heavy atom. The molecule has 0 radical (unpaired) electrons. The first-order valence-electron chi connectivity index (χ1n) is 6.70. The topological polar surface area (TPSA) is 39.4 Å². The molecule has 3 aromatic rings. The third kappa shape index (κ3) is 2.76. The minimum absolute atomic E-state index is 0.142. The molecule has 3 nitrogen and oxygen atoms in total. The summed E-state index contributed by atoms with van der Waals surface area (Å²) in [5.41, 5.74) is 1.40. The Bertz CT molecular complexity index is 910. The van der Waals surface area contributed by atoms with E-state index in [9.17, 15) is 9.18 Å². The molecule has 0 amide bonds. The second-order valence-corrected chi connectivity index (χ2v) is 4.77. The number of fused-ring (bicyclic) bond motifs is 1. The molecular formula is C18H13FO3. The summed E-state index contributed by atoms with van der Waals surface area (Å²) in [7, 11) is 1.55. The lowest BCUT2D eigenvalue weighted by Crippen LogP contribution is -2.04. The molecule has 0 saturated heterocycles. The molecule has 22 heavy (non-hydrogen) atoms. The van der Waals surface area contributed by atoms with Crippen molar-refractivity contribution in [3.63, 3.8) is 0 Å². The largest absolute Gasteiger partial charge is 0.497 e. The normalized spacial score (nSPS) is 11.2. The maximum absolute atomic E-state index is 13.1. The Morgan fingerprint density at radius 2 is 2.00 bits per heavy atom. The van der Waals surface area contributed by atoms with Gasteiger partial charge in [-0.25, -0.2) is 4.39 Å². The minimum atomic E-state index is -0.320. The molecule has 0 aliphatic carbocycles. The van der Waals surface area contributed by atoms with Gasteiger partial charge in [0.1, 0.15) is 23.4 Å². The number of benzene rings is 2. The summed E-state index contributed by atoms with van der Waals surface area (Å²) in [6, 6.07) is 11.2. The molecule has 0 aliphatic heterocycles. The van der Waals surface area contributed by atoms with E-state index in [1.165, 1.54) is 18.4 Å². The fraction of sp³-hybridized carbons (Fsp3) is 0.0556. The van der Waals surface area contributed by atoms with Crippen molar-refractivity contribution >= 4 is 23.1 Å². The Balaban J connectivity index is 2.01. The molecule has 0 N–H and O–H groups in total. The van der Waals surface area contributed by atoms with Gasteiger partial charge in [0.25, 0.3) is 0 Å². The lowest BCUT2D eigenvalue weighted by molar-refractivity contribution is 0.414. The fourth-order valence-electron chi connectivity index (χ4n) is 2.16. The van der Waals surface area contributed by atoms with Crippen molar-refractivity contribution in [3.05, 3.63) is 75.9 Å². The Labute approximate surface area is 126 Å². The smallest absolute Gasteiger partial charge is 0.199 e. The first kappa shape index (κ1) is 14.1. The highest BCUT2D eigenvalue weighted by molar-refractivity contribution is 5.81. The molecule has 1 aromatic heterocycles. The van der Waals surface area contributed by atoms with Crippen molar-refractivity contribution in [2.24, 2.45) is 0 Å². The Kier molecular flexibility index (Phi) is 3.74. The van der Waals surface area contributed by atoms with E-state index in [-0.39, 0.29) is 11.2 Å². The quantitative estimate of drug-likeness (QED) is 0.730. The molecule has 0 aliphatic rings. The van der Waals surface area contributed by atoms with Gasteiger partial charge in [0.05, 0.1) is 18.1 Å². The molecule has 110 valence electrons. The van der Waals surface area contributed by atoms with Crippen LogP contribution in [0.4, 0.5) is 4.39 Å². The van der Waals surface area contributed by atoms with E-state index in [2.05, 4.69) is 0 Å².